The number of aromatic nitrogens is 1. The number of nitrogens with zero attached hydrogens (tertiary/aromatic N) is 3. The summed E-state index contributed by atoms with van der Waals surface area (Å²) in [5.74, 6) is 0.0954. The lowest BCUT2D eigenvalue weighted by Gasteiger charge is -2.29. The van der Waals surface area contributed by atoms with Gasteiger partial charge < -0.3 is 9.80 Å². The lowest BCUT2D eigenvalue weighted by molar-refractivity contribution is 0.0710. The van der Waals surface area contributed by atoms with Gasteiger partial charge in [0, 0.05) is 28.1 Å². The second-order valence-electron chi connectivity index (χ2n) is 6.96. The van der Waals surface area contributed by atoms with Gasteiger partial charge in [0.2, 0.25) is 0 Å². The van der Waals surface area contributed by atoms with Crippen molar-refractivity contribution in [3.8, 4) is 0 Å². The average molecular weight is 470 g/mol. The Hall–Kier alpha value is -0.920. The highest BCUT2D eigenvalue weighted by atomic mass is 127. The van der Waals surface area contributed by atoms with Crippen LogP contribution in [0.2, 0.25) is 5.15 Å². The Labute approximate surface area is 166 Å². The molecule has 2 aliphatic heterocycles. The minimum Gasteiger partial charge on any atom is -0.334 e. The predicted octanol–water partition coefficient (Wildman–Crippen LogP) is 4.19. The van der Waals surface area contributed by atoms with Crippen LogP contribution >= 0.6 is 34.2 Å². The molecule has 0 N–H and O–H groups in total. The molecule has 3 heterocycles. The van der Waals surface area contributed by atoms with Gasteiger partial charge in [-0.05, 0) is 85.6 Å². The standard InChI is InChI=1S/C19H21ClIN3O/c20-18-11-16(15-10-13(21)5-6-17(15)22-18)19(25)24-9-3-4-14(24)12-23-7-1-2-8-23/h5-6,10-11,14H,1-4,7-9,12H2/t14-/m0/s1. The van der Waals surface area contributed by atoms with Gasteiger partial charge in [-0.3, -0.25) is 4.79 Å². The molecule has 132 valence electrons. The highest BCUT2D eigenvalue weighted by Gasteiger charge is 2.32. The Bertz CT molecular complexity index is 807. The van der Waals surface area contributed by atoms with Crippen molar-refractivity contribution in [1.29, 1.82) is 0 Å². The number of benzene rings is 1. The molecule has 1 aromatic heterocycles. The number of amides is 1. The van der Waals surface area contributed by atoms with Gasteiger partial charge in [-0.25, -0.2) is 4.98 Å². The van der Waals surface area contributed by atoms with E-state index >= 15 is 0 Å². The summed E-state index contributed by atoms with van der Waals surface area (Å²) in [6, 6.07) is 8.00. The summed E-state index contributed by atoms with van der Waals surface area (Å²) in [7, 11) is 0. The van der Waals surface area contributed by atoms with Crippen LogP contribution in [0.25, 0.3) is 10.9 Å². The summed E-state index contributed by atoms with van der Waals surface area (Å²) in [5, 5.41) is 1.28. The fourth-order valence-corrected chi connectivity index (χ4v) is 4.74. The molecule has 0 saturated carbocycles. The third-order valence-corrected chi connectivity index (χ3v) is 6.14. The fraction of sp³-hybridized carbons (Fsp3) is 0.474. The smallest absolute Gasteiger partial charge is 0.254 e. The molecule has 4 nitrogen and oxygen atoms in total. The number of halogens is 2. The molecule has 0 aliphatic carbocycles. The van der Waals surface area contributed by atoms with Gasteiger partial charge in [-0.1, -0.05) is 11.6 Å². The van der Waals surface area contributed by atoms with E-state index in [4.69, 9.17) is 11.6 Å². The topological polar surface area (TPSA) is 36.4 Å². The van der Waals surface area contributed by atoms with E-state index in [0.29, 0.717) is 16.8 Å². The maximum atomic E-state index is 13.3. The number of pyridine rings is 1. The van der Waals surface area contributed by atoms with Crippen LogP contribution in [0.3, 0.4) is 0 Å². The van der Waals surface area contributed by atoms with Crippen molar-refractivity contribution in [3.05, 3.63) is 38.6 Å². The number of carbonyl (C=O) groups is 1. The molecule has 25 heavy (non-hydrogen) atoms. The largest absolute Gasteiger partial charge is 0.334 e. The predicted molar refractivity (Wildman–Crippen MR) is 109 cm³/mol. The second kappa shape index (κ2) is 7.37. The zero-order valence-corrected chi connectivity index (χ0v) is 17.0. The molecule has 1 atom stereocenters. The molecule has 1 aromatic carbocycles. The van der Waals surface area contributed by atoms with E-state index < -0.39 is 0 Å². The molecule has 1 amide bonds. The van der Waals surface area contributed by atoms with Crippen LogP contribution < -0.4 is 0 Å². The summed E-state index contributed by atoms with van der Waals surface area (Å²) < 4.78 is 1.10. The molecular formula is C19H21ClIN3O. The first-order chi connectivity index (χ1) is 12.1. The molecule has 6 heteroatoms. The van der Waals surface area contributed by atoms with E-state index in [0.717, 1.165) is 40.4 Å². The molecule has 2 aliphatic rings. The number of rotatable bonds is 3. The maximum Gasteiger partial charge on any atom is 0.254 e. The molecule has 0 spiro atoms. The van der Waals surface area contributed by atoms with Crippen LogP contribution in [-0.4, -0.2) is 52.9 Å². The van der Waals surface area contributed by atoms with Gasteiger partial charge in [0.05, 0.1) is 11.1 Å². The van der Waals surface area contributed by atoms with Crippen molar-refractivity contribution in [2.24, 2.45) is 0 Å². The number of fused-ring (bicyclic) bond motifs is 1. The van der Waals surface area contributed by atoms with Crippen LogP contribution in [0.15, 0.2) is 24.3 Å². The highest BCUT2D eigenvalue weighted by molar-refractivity contribution is 14.1. The third-order valence-electron chi connectivity index (χ3n) is 5.28. The second-order valence-corrected chi connectivity index (χ2v) is 8.59. The average Bonchev–Trinajstić information content (AvgIpc) is 3.26. The van der Waals surface area contributed by atoms with E-state index in [1.54, 1.807) is 6.07 Å². The summed E-state index contributed by atoms with van der Waals surface area (Å²) in [6.45, 7) is 4.17. The minimum atomic E-state index is 0.0954. The van der Waals surface area contributed by atoms with Crippen LogP contribution in [0.4, 0.5) is 0 Å². The van der Waals surface area contributed by atoms with Crippen molar-refractivity contribution >= 4 is 51.0 Å². The Kier molecular flexibility index (Phi) is 5.15. The van der Waals surface area contributed by atoms with Crippen LogP contribution in [0, 0.1) is 3.57 Å². The number of hydrogen-bond acceptors (Lipinski definition) is 3. The Morgan fingerprint density at radius 2 is 2.00 bits per heavy atom. The zero-order chi connectivity index (χ0) is 17.4. The highest BCUT2D eigenvalue weighted by Crippen LogP contribution is 2.28. The van der Waals surface area contributed by atoms with Gasteiger partial charge in [-0.15, -0.1) is 0 Å². The lowest BCUT2D eigenvalue weighted by atomic mass is 10.1. The van der Waals surface area contributed by atoms with Crippen LogP contribution in [-0.2, 0) is 0 Å². The SMILES string of the molecule is O=C(c1cc(Cl)nc2ccc(I)cc12)N1CCC[C@H]1CN1CCCC1. The van der Waals surface area contributed by atoms with Crippen LogP contribution in [0.5, 0.6) is 0 Å². The first-order valence-electron chi connectivity index (χ1n) is 8.91. The van der Waals surface area contributed by atoms with Gasteiger partial charge in [0.1, 0.15) is 5.15 Å². The summed E-state index contributed by atoms with van der Waals surface area (Å²) in [4.78, 5) is 22.3. The lowest BCUT2D eigenvalue weighted by Crippen LogP contribution is -2.42. The molecule has 2 aromatic rings. The van der Waals surface area contributed by atoms with E-state index in [-0.39, 0.29) is 5.91 Å². The summed E-state index contributed by atoms with van der Waals surface area (Å²) in [5.41, 5.74) is 1.47. The van der Waals surface area contributed by atoms with Crippen LogP contribution in [0.1, 0.15) is 36.0 Å². The molecule has 2 saturated heterocycles. The Morgan fingerprint density at radius 3 is 2.80 bits per heavy atom. The molecule has 4 rings (SSSR count). The molecule has 0 bridgehead atoms. The Balaban J connectivity index is 1.65. The van der Waals surface area contributed by atoms with Crippen molar-refractivity contribution in [1.82, 2.24) is 14.8 Å². The van der Waals surface area contributed by atoms with Gasteiger partial charge in [0.15, 0.2) is 0 Å². The first kappa shape index (κ1) is 17.5. The van der Waals surface area contributed by atoms with E-state index in [1.165, 1.54) is 25.9 Å². The third kappa shape index (κ3) is 3.64. The molecule has 0 radical (unpaired) electrons. The van der Waals surface area contributed by atoms with Crippen molar-refractivity contribution in [3.63, 3.8) is 0 Å². The van der Waals surface area contributed by atoms with Crippen molar-refractivity contribution in [2.45, 2.75) is 31.7 Å². The molecule has 2 fully saturated rings. The monoisotopic (exact) mass is 469 g/mol. The van der Waals surface area contributed by atoms with Gasteiger partial charge in [-0.2, -0.15) is 0 Å². The molecule has 0 unspecified atom stereocenters. The normalized spacial score (nSPS) is 21.4. The zero-order valence-electron chi connectivity index (χ0n) is 14.0. The first-order valence-corrected chi connectivity index (χ1v) is 10.4. The van der Waals surface area contributed by atoms with E-state index in [2.05, 4.69) is 37.4 Å². The number of likely N-dealkylation sites (tertiary alicyclic amines) is 2. The summed E-state index contributed by atoms with van der Waals surface area (Å²) in [6.07, 6.45) is 4.74. The number of carbonyl (C=O) groups excluding carboxylic acids is 1. The van der Waals surface area contributed by atoms with Crippen molar-refractivity contribution in [2.75, 3.05) is 26.2 Å². The minimum absolute atomic E-state index is 0.0954. The Morgan fingerprint density at radius 1 is 1.20 bits per heavy atom. The van der Waals surface area contributed by atoms with Crippen molar-refractivity contribution < 1.29 is 4.79 Å². The van der Waals surface area contributed by atoms with E-state index in [1.807, 2.05) is 18.2 Å². The number of hydrogen-bond donors (Lipinski definition) is 0. The van der Waals surface area contributed by atoms with E-state index in [9.17, 15) is 4.79 Å². The molecular weight excluding hydrogens is 449 g/mol. The maximum absolute atomic E-state index is 13.3. The fourth-order valence-electron chi connectivity index (χ4n) is 4.05. The summed E-state index contributed by atoms with van der Waals surface area (Å²) >= 11 is 8.47. The quantitative estimate of drug-likeness (QED) is 0.499. The van der Waals surface area contributed by atoms with Gasteiger partial charge in [0.25, 0.3) is 5.91 Å². The van der Waals surface area contributed by atoms with Gasteiger partial charge >= 0.3 is 0 Å².